The average molecular weight is 525 g/mol. The number of hydrogen-bond donors (Lipinski definition) is 0. The van der Waals surface area contributed by atoms with Crippen molar-refractivity contribution in [3.8, 4) is 0 Å². The number of esters is 2. The summed E-state index contributed by atoms with van der Waals surface area (Å²) in [6.45, 7) is 4.15. The van der Waals surface area contributed by atoms with Gasteiger partial charge in [-0.15, -0.1) is 0 Å². The molecule has 200 valence electrons. The molecule has 0 spiro atoms. The lowest BCUT2D eigenvalue weighted by molar-refractivity contribution is -0.158. The van der Waals surface area contributed by atoms with Gasteiger partial charge in [0.15, 0.2) is 0 Å². The molecular formula is C29H48O4S2. The molecule has 6 heteroatoms. The van der Waals surface area contributed by atoms with Crippen LogP contribution in [0.2, 0.25) is 0 Å². The zero-order chi connectivity index (χ0) is 25.4. The first-order valence-corrected chi connectivity index (χ1v) is 16.1. The molecule has 0 aromatic heterocycles. The topological polar surface area (TPSA) is 52.6 Å². The number of unbranched alkanes of at least 4 members (excludes halogenated alkanes) is 6. The Morgan fingerprint density at radius 3 is 2.14 bits per heavy atom. The molecule has 0 aromatic carbocycles. The van der Waals surface area contributed by atoms with E-state index < -0.39 is 6.10 Å². The summed E-state index contributed by atoms with van der Waals surface area (Å²) in [6.07, 6.45) is 28.0. The zero-order valence-corrected chi connectivity index (χ0v) is 23.7. The van der Waals surface area contributed by atoms with Crippen LogP contribution in [0.1, 0.15) is 110 Å². The van der Waals surface area contributed by atoms with Crippen LogP contribution < -0.4 is 0 Å². The van der Waals surface area contributed by atoms with Crippen molar-refractivity contribution >= 4 is 33.5 Å². The molecule has 1 rings (SSSR count). The normalized spacial score (nSPS) is 17.0. The molecule has 0 aromatic rings. The van der Waals surface area contributed by atoms with Crippen molar-refractivity contribution in [2.24, 2.45) is 0 Å². The van der Waals surface area contributed by atoms with Crippen LogP contribution in [0.25, 0.3) is 0 Å². The lowest BCUT2D eigenvalue weighted by Crippen LogP contribution is -2.22. The maximum absolute atomic E-state index is 12.0. The summed E-state index contributed by atoms with van der Waals surface area (Å²) in [6, 6.07) is 0. The summed E-state index contributed by atoms with van der Waals surface area (Å²) in [4.78, 5) is 23.8. The third-order valence-electron chi connectivity index (χ3n) is 5.72. The summed E-state index contributed by atoms with van der Waals surface area (Å²) in [5.41, 5.74) is 0. The molecule has 0 N–H and O–H groups in total. The largest absolute Gasteiger partial charge is 0.462 e. The number of hydrogen-bond acceptors (Lipinski definition) is 6. The Balaban J connectivity index is 1.92. The second-order valence-corrected chi connectivity index (χ2v) is 12.0. The Labute approximate surface area is 222 Å². The molecule has 2 atom stereocenters. The molecule has 1 fully saturated rings. The molecule has 0 bridgehead atoms. The quantitative estimate of drug-likeness (QED) is 0.0647. The summed E-state index contributed by atoms with van der Waals surface area (Å²) in [7, 11) is 3.93. The Hall–Kier alpha value is -1.14. The van der Waals surface area contributed by atoms with Crippen molar-refractivity contribution in [2.45, 2.75) is 122 Å². The molecule has 0 radical (unpaired) electrons. The second kappa shape index (κ2) is 23.3. The zero-order valence-electron chi connectivity index (χ0n) is 22.1. The van der Waals surface area contributed by atoms with E-state index in [9.17, 15) is 9.59 Å². The molecule has 1 aliphatic rings. The van der Waals surface area contributed by atoms with Gasteiger partial charge in [-0.2, -0.15) is 0 Å². The summed E-state index contributed by atoms with van der Waals surface area (Å²) >= 11 is 0. The maximum atomic E-state index is 12.0. The van der Waals surface area contributed by atoms with Crippen LogP contribution in [-0.2, 0) is 19.1 Å². The number of ether oxygens (including phenoxy) is 2. The fourth-order valence-corrected chi connectivity index (χ4v) is 6.65. The summed E-state index contributed by atoms with van der Waals surface area (Å²) in [5.74, 6) is 0.845. The lowest BCUT2D eigenvalue weighted by Gasteiger charge is -2.13. The minimum absolute atomic E-state index is 0.143. The van der Waals surface area contributed by atoms with Crippen molar-refractivity contribution in [1.29, 1.82) is 0 Å². The van der Waals surface area contributed by atoms with E-state index in [1.54, 1.807) is 6.92 Å². The maximum Gasteiger partial charge on any atom is 0.306 e. The predicted octanol–water partition coefficient (Wildman–Crippen LogP) is 8.76. The smallest absolute Gasteiger partial charge is 0.306 e. The Bertz CT molecular complexity index is 624. The van der Waals surface area contributed by atoms with Gasteiger partial charge >= 0.3 is 11.9 Å². The van der Waals surface area contributed by atoms with Crippen molar-refractivity contribution in [3.05, 3.63) is 36.5 Å². The Kier molecular flexibility index (Phi) is 21.2. The highest BCUT2D eigenvalue weighted by Crippen LogP contribution is 2.39. The molecule has 1 aliphatic heterocycles. The van der Waals surface area contributed by atoms with Crippen LogP contribution in [-0.4, -0.2) is 35.7 Å². The van der Waals surface area contributed by atoms with E-state index in [0.29, 0.717) is 12.8 Å². The van der Waals surface area contributed by atoms with E-state index in [0.717, 1.165) is 50.2 Å². The molecule has 1 heterocycles. The SMILES string of the molecule is CCCCC/C=C\C/C=C\C/C=C\CCCCC(=O)OC(C)COC(=O)CCCCC1CCSS1. The third kappa shape index (κ3) is 20.7. The summed E-state index contributed by atoms with van der Waals surface area (Å²) < 4.78 is 10.6. The van der Waals surface area contributed by atoms with Crippen molar-refractivity contribution in [3.63, 3.8) is 0 Å². The van der Waals surface area contributed by atoms with Gasteiger partial charge in [0.1, 0.15) is 12.7 Å². The van der Waals surface area contributed by atoms with Crippen LogP contribution in [0.5, 0.6) is 0 Å². The highest BCUT2D eigenvalue weighted by atomic mass is 33.1. The van der Waals surface area contributed by atoms with Crippen molar-refractivity contribution in [1.82, 2.24) is 0 Å². The molecular weight excluding hydrogens is 476 g/mol. The predicted molar refractivity (Wildman–Crippen MR) is 153 cm³/mol. The fourth-order valence-electron chi connectivity index (χ4n) is 3.63. The number of allylic oxidation sites excluding steroid dienone is 6. The van der Waals surface area contributed by atoms with Crippen LogP contribution in [0, 0.1) is 0 Å². The van der Waals surface area contributed by atoms with Gasteiger partial charge in [-0.3, -0.25) is 9.59 Å². The van der Waals surface area contributed by atoms with E-state index in [1.165, 1.54) is 44.3 Å². The van der Waals surface area contributed by atoms with E-state index in [2.05, 4.69) is 43.4 Å². The van der Waals surface area contributed by atoms with Gasteiger partial charge < -0.3 is 9.47 Å². The monoisotopic (exact) mass is 524 g/mol. The third-order valence-corrected chi connectivity index (χ3v) is 8.72. The summed E-state index contributed by atoms with van der Waals surface area (Å²) in [5, 5.41) is 0.756. The van der Waals surface area contributed by atoms with Gasteiger partial charge in [0.2, 0.25) is 0 Å². The van der Waals surface area contributed by atoms with Crippen LogP contribution in [0.15, 0.2) is 36.5 Å². The average Bonchev–Trinajstić information content (AvgIpc) is 3.36. The van der Waals surface area contributed by atoms with E-state index in [1.807, 2.05) is 21.6 Å². The van der Waals surface area contributed by atoms with E-state index in [4.69, 9.17) is 9.47 Å². The Morgan fingerprint density at radius 1 is 0.857 bits per heavy atom. The molecule has 0 amide bonds. The highest BCUT2D eigenvalue weighted by molar-refractivity contribution is 8.77. The molecule has 0 saturated carbocycles. The van der Waals surface area contributed by atoms with Crippen LogP contribution >= 0.6 is 21.6 Å². The first kappa shape index (κ1) is 31.9. The number of carbonyl (C=O) groups is 2. The van der Waals surface area contributed by atoms with Gasteiger partial charge in [0.25, 0.3) is 0 Å². The van der Waals surface area contributed by atoms with Crippen molar-refractivity contribution < 1.29 is 19.1 Å². The minimum atomic E-state index is -0.392. The van der Waals surface area contributed by atoms with Crippen molar-refractivity contribution in [2.75, 3.05) is 12.4 Å². The van der Waals surface area contributed by atoms with Gasteiger partial charge in [0.05, 0.1) is 0 Å². The Morgan fingerprint density at radius 2 is 1.49 bits per heavy atom. The molecule has 0 aliphatic carbocycles. The van der Waals surface area contributed by atoms with Crippen LogP contribution in [0.4, 0.5) is 0 Å². The number of carbonyl (C=O) groups excluding carboxylic acids is 2. The number of rotatable bonds is 21. The molecule has 35 heavy (non-hydrogen) atoms. The van der Waals surface area contributed by atoms with Gasteiger partial charge in [-0.25, -0.2) is 0 Å². The first-order chi connectivity index (χ1) is 17.1. The molecule has 4 nitrogen and oxygen atoms in total. The fraction of sp³-hybridized carbons (Fsp3) is 0.724. The second-order valence-electron chi connectivity index (χ2n) is 9.19. The van der Waals surface area contributed by atoms with Gasteiger partial charge in [-0.1, -0.05) is 84.2 Å². The van der Waals surface area contributed by atoms with Gasteiger partial charge in [-0.05, 0) is 71.1 Å². The minimum Gasteiger partial charge on any atom is -0.462 e. The van der Waals surface area contributed by atoms with E-state index >= 15 is 0 Å². The molecule has 2 unspecified atom stereocenters. The van der Waals surface area contributed by atoms with E-state index in [-0.39, 0.29) is 18.5 Å². The first-order valence-electron chi connectivity index (χ1n) is 13.7. The van der Waals surface area contributed by atoms with Crippen LogP contribution in [0.3, 0.4) is 0 Å². The molecule has 1 saturated heterocycles. The lowest BCUT2D eigenvalue weighted by atomic mass is 10.1. The standard InChI is InChI=1S/C29H48O4S2/c1-3-4-5-6-7-8-9-10-11-12-13-14-15-16-17-22-29(31)33-26(2)25-32-28(30)21-19-18-20-27-23-24-34-35-27/h7-8,10-11,13-14,26-27H,3-6,9,12,15-25H2,1-2H3/b8-7-,11-10-,14-13-. The van der Waals surface area contributed by atoms with Gasteiger partial charge in [0, 0.05) is 23.8 Å². The highest BCUT2D eigenvalue weighted by Gasteiger charge is 2.16.